The summed E-state index contributed by atoms with van der Waals surface area (Å²) in [7, 11) is 1.98. The number of ether oxygens (including phenoxy) is 1. The minimum atomic E-state index is -0.743. The van der Waals surface area contributed by atoms with Gasteiger partial charge in [0.05, 0.1) is 13.2 Å². The van der Waals surface area contributed by atoms with E-state index in [4.69, 9.17) is 4.74 Å². The van der Waals surface area contributed by atoms with E-state index in [1.54, 1.807) is 11.3 Å². The smallest absolute Gasteiger partial charge is 0.315 e. The first kappa shape index (κ1) is 13.5. The van der Waals surface area contributed by atoms with Crippen molar-refractivity contribution in [3.05, 3.63) is 21.9 Å². The van der Waals surface area contributed by atoms with Crippen molar-refractivity contribution in [2.75, 3.05) is 33.4 Å². The molecule has 4 nitrogen and oxygen atoms in total. The fraction of sp³-hybridized carbons (Fsp3) is 0.615. The van der Waals surface area contributed by atoms with Crippen LogP contribution in [-0.2, 0) is 16.0 Å². The van der Waals surface area contributed by atoms with Gasteiger partial charge in [-0.1, -0.05) is 0 Å². The molecule has 0 amide bonds. The van der Waals surface area contributed by atoms with Gasteiger partial charge in [-0.15, -0.1) is 11.3 Å². The number of thiophene rings is 1. The zero-order valence-corrected chi connectivity index (χ0v) is 11.6. The molecule has 18 heavy (non-hydrogen) atoms. The zero-order valence-electron chi connectivity index (χ0n) is 10.8. The van der Waals surface area contributed by atoms with Crippen LogP contribution in [0, 0.1) is 12.3 Å². The number of likely N-dealkylation sites (N-methyl/N-ethyl adjacent to an activating group) is 1. The predicted octanol–water partition coefficient (Wildman–Crippen LogP) is 1.63. The Labute approximate surface area is 111 Å². The van der Waals surface area contributed by atoms with E-state index in [0.29, 0.717) is 19.8 Å². The van der Waals surface area contributed by atoms with Crippen LogP contribution in [0.5, 0.6) is 0 Å². The molecule has 1 aliphatic rings. The maximum atomic E-state index is 11.2. The Morgan fingerprint density at radius 1 is 1.61 bits per heavy atom. The van der Waals surface area contributed by atoms with Crippen molar-refractivity contribution in [3.8, 4) is 0 Å². The highest BCUT2D eigenvalue weighted by molar-refractivity contribution is 7.10. The van der Waals surface area contributed by atoms with Gasteiger partial charge < -0.3 is 14.7 Å². The maximum Gasteiger partial charge on any atom is 0.315 e. The minimum Gasteiger partial charge on any atom is -0.481 e. The summed E-state index contributed by atoms with van der Waals surface area (Å²) < 4.78 is 5.06. The average Bonchev–Trinajstić information content (AvgIpc) is 2.66. The van der Waals surface area contributed by atoms with E-state index in [0.717, 1.165) is 13.0 Å². The number of hydrogen-bond acceptors (Lipinski definition) is 4. The number of rotatable bonds is 6. The van der Waals surface area contributed by atoms with E-state index in [1.165, 1.54) is 10.4 Å². The molecule has 100 valence electrons. The van der Waals surface area contributed by atoms with Gasteiger partial charge in [0.2, 0.25) is 0 Å². The first-order valence-electron chi connectivity index (χ1n) is 6.06. The third kappa shape index (κ3) is 2.74. The SMILES string of the molecule is Cc1ccsc1CCN(C)CC1(C(=O)O)COC1. The van der Waals surface area contributed by atoms with Crippen molar-refractivity contribution in [1.29, 1.82) is 0 Å². The minimum absolute atomic E-state index is 0.338. The van der Waals surface area contributed by atoms with Crippen LogP contribution in [0.15, 0.2) is 11.4 Å². The summed E-state index contributed by atoms with van der Waals surface area (Å²) in [4.78, 5) is 14.7. The second-order valence-corrected chi connectivity index (χ2v) is 6.09. The number of aliphatic carboxylic acids is 1. The first-order chi connectivity index (χ1) is 8.53. The molecule has 2 rings (SSSR count). The van der Waals surface area contributed by atoms with Crippen LogP contribution in [-0.4, -0.2) is 49.3 Å². The molecule has 0 radical (unpaired) electrons. The van der Waals surface area contributed by atoms with Crippen LogP contribution in [0.25, 0.3) is 0 Å². The van der Waals surface area contributed by atoms with E-state index in [9.17, 15) is 9.90 Å². The van der Waals surface area contributed by atoms with E-state index in [-0.39, 0.29) is 0 Å². The monoisotopic (exact) mass is 269 g/mol. The molecule has 0 saturated carbocycles. The lowest BCUT2D eigenvalue weighted by atomic mass is 9.85. The van der Waals surface area contributed by atoms with Crippen molar-refractivity contribution in [2.24, 2.45) is 5.41 Å². The van der Waals surface area contributed by atoms with Crippen LogP contribution in [0.2, 0.25) is 0 Å². The highest BCUT2D eigenvalue weighted by Gasteiger charge is 2.46. The lowest BCUT2D eigenvalue weighted by Crippen LogP contribution is -2.55. The lowest BCUT2D eigenvalue weighted by Gasteiger charge is -2.40. The highest BCUT2D eigenvalue weighted by atomic mass is 32.1. The normalized spacial score (nSPS) is 17.7. The number of carboxylic acid groups (broad SMARTS) is 1. The predicted molar refractivity (Wildman–Crippen MR) is 71.1 cm³/mol. The van der Waals surface area contributed by atoms with Crippen molar-refractivity contribution >= 4 is 17.3 Å². The largest absolute Gasteiger partial charge is 0.481 e. The van der Waals surface area contributed by atoms with Crippen molar-refractivity contribution in [1.82, 2.24) is 4.90 Å². The molecule has 5 heteroatoms. The Balaban J connectivity index is 1.84. The number of carboxylic acids is 1. The highest BCUT2D eigenvalue weighted by Crippen LogP contribution is 2.28. The third-order valence-corrected chi connectivity index (χ3v) is 4.55. The lowest BCUT2D eigenvalue weighted by molar-refractivity contribution is -0.182. The molecular weight excluding hydrogens is 250 g/mol. The van der Waals surface area contributed by atoms with Crippen LogP contribution >= 0.6 is 11.3 Å². The van der Waals surface area contributed by atoms with E-state index in [1.807, 2.05) is 7.05 Å². The molecule has 0 spiro atoms. The standard InChI is InChI=1S/C13H19NO3S/c1-10-4-6-18-11(10)3-5-14(2)7-13(12(15)16)8-17-9-13/h4,6H,3,5,7-9H2,1-2H3,(H,15,16). The Kier molecular flexibility index (Phi) is 4.04. The van der Waals surface area contributed by atoms with Crippen LogP contribution in [0.3, 0.4) is 0 Å². The van der Waals surface area contributed by atoms with Gasteiger partial charge in [-0.25, -0.2) is 0 Å². The molecule has 0 bridgehead atoms. The third-order valence-electron chi connectivity index (χ3n) is 3.47. The molecule has 1 N–H and O–H groups in total. The summed E-state index contributed by atoms with van der Waals surface area (Å²) in [5, 5.41) is 11.3. The summed E-state index contributed by atoms with van der Waals surface area (Å²) in [6.45, 7) is 4.24. The van der Waals surface area contributed by atoms with Gasteiger partial charge in [-0.05, 0) is 37.4 Å². The molecule has 0 aliphatic carbocycles. The molecule has 1 aromatic heterocycles. The summed E-state index contributed by atoms with van der Waals surface area (Å²) in [5.41, 5.74) is 0.646. The van der Waals surface area contributed by atoms with Gasteiger partial charge in [0.1, 0.15) is 5.41 Å². The number of nitrogens with zero attached hydrogens (tertiary/aromatic N) is 1. The van der Waals surface area contributed by atoms with E-state index >= 15 is 0 Å². The summed E-state index contributed by atoms with van der Waals surface area (Å²) >= 11 is 1.77. The van der Waals surface area contributed by atoms with Crippen LogP contribution < -0.4 is 0 Å². The van der Waals surface area contributed by atoms with Crippen molar-refractivity contribution in [3.63, 3.8) is 0 Å². The number of hydrogen-bond donors (Lipinski definition) is 1. The van der Waals surface area contributed by atoms with Gasteiger partial charge >= 0.3 is 5.97 Å². The Morgan fingerprint density at radius 3 is 2.78 bits per heavy atom. The first-order valence-corrected chi connectivity index (χ1v) is 6.94. The van der Waals surface area contributed by atoms with Crippen LogP contribution in [0.1, 0.15) is 10.4 Å². The molecule has 2 heterocycles. The van der Waals surface area contributed by atoms with Gasteiger partial charge in [0.15, 0.2) is 0 Å². The summed E-state index contributed by atoms with van der Waals surface area (Å²) in [6.07, 6.45) is 0.983. The molecule has 1 aromatic rings. The Morgan fingerprint density at radius 2 is 2.33 bits per heavy atom. The molecule has 1 fully saturated rings. The van der Waals surface area contributed by atoms with Gasteiger partial charge in [0.25, 0.3) is 0 Å². The fourth-order valence-corrected chi connectivity index (χ4v) is 3.08. The maximum absolute atomic E-state index is 11.2. The number of carbonyl (C=O) groups is 1. The Hall–Kier alpha value is -0.910. The van der Waals surface area contributed by atoms with Gasteiger partial charge in [0, 0.05) is 18.0 Å². The number of aryl methyl sites for hydroxylation is 1. The molecule has 0 unspecified atom stereocenters. The second kappa shape index (κ2) is 5.38. The van der Waals surface area contributed by atoms with Crippen molar-refractivity contribution < 1.29 is 14.6 Å². The van der Waals surface area contributed by atoms with Crippen LogP contribution in [0.4, 0.5) is 0 Å². The van der Waals surface area contributed by atoms with Gasteiger partial charge in [-0.3, -0.25) is 4.79 Å². The fourth-order valence-electron chi connectivity index (χ4n) is 2.18. The Bertz CT molecular complexity index is 426. The summed E-state index contributed by atoms with van der Waals surface area (Å²) in [6, 6.07) is 2.12. The zero-order chi connectivity index (χ0) is 13.2. The van der Waals surface area contributed by atoms with E-state index in [2.05, 4.69) is 23.3 Å². The molecule has 0 atom stereocenters. The molecule has 1 saturated heterocycles. The quantitative estimate of drug-likeness (QED) is 0.853. The molecular formula is C13H19NO3S. The topological polar surface area (TPSA) is 49.8 Å². The summed E-state index contributed by atoms with van der Waals surface area (Å²) in [5.74, 6) is -0.743. The molecule has 0 aromatic carbocycles. The average molecular weight is 269 g/mol. The second-order valence-electron chi connectivity index (χ2n) is 5.09. The molecule has 1 aliphatic heterocycles. The van der Waals surface area contributed by atoms with Crippen molar-refractivity contribution in [2.45, 2.75) is 13.3 Å². The van der Waals surface area contributed by atoms with E-state index < -0.39 is 11.4 Å². The van der Waals surface area contributed by atoms with Gasteiger partial charge in [-0.2, -0.15) is 0 Å².